The van der Waals surface area contributed by atoms with Crippen molar-refractivity contribution in [2.75, 3.05) is 19.6 Å². The standard InChI is InChI=1S/C18H23N5O2/c24-16(23-12-5-6-13(23)11-19-9-7-12)8-10-20-18(25)17-14-3-1-2-4-15(14)21-22-17/h1-4,12-13,19H,5-11H2,(H,20,25)(H,21,22). The average Bonchev–Trinajstić information content (AvgIpc) is 3.14. The Labute approximate surface area is 146 Å². The van der Waals surface area contributed by atoms with Crippen LogP contribution in [0.15, 0.2) is 24.3 Å². The normalized spacial score (nSPS) is 22.8. The van der Waals surface area contributed by atoms with Gasteiger partial charge in [-0.2, -0.15) is 5.10 Å². The number of benzene rings is 1. The zero-order chi connectivity index (χ0) is 17.2. The van der Waals surface area contributed by atoms with E-state index in [0.717, 1.165) is 43.3 Å². The van der Waals surface area contributed by atoms with Gasteiger partial charge in [-0.05, 0) is 31.9 Å². The molecule has 2 aliphatic rings. The summed E-state index contributed by atoms with van der Waals surface area (Å²) < 4.78 is 0. The summed E-state index contributed by atoms with van der Waals surface area (Å²) in [6, 6.07) is 8.18. The molecule has 0 radical (unpaired) electrons. The minimum absolute atomic E-state index is 0.142. The molecule has 4 rings (SSSR count). The number of rotatable bonds is 4. The summed E-state index contributed by atoms with van der Waals surface area (Å²) in [5, 5.41) is 14.0. The SMILES string of the molecule is O=C(NCCC(=O)N1C2CCNCC1CC2)c1n[nH]c2ccccc12. The number of nitrogens with zero attached hydrogens (tertiary/aromatic N) is 2. The van der Waals surface area contributed by atoms with E-state index in [9.17, 15) is 9.59 Å². The number of aromatic amines is 1. The van der Waals surface area contributed by atoms with Gasteiger partial charge in [0.2, 0.25) is 5.91 Å². The first kappa shape index (κ1) is 16.1. The van der Waals surface area contributed by atoms with Crippen molar-refractivity contribution >= 4 is 22.7 Å². The number of H-pyrrole nitrogens is 1. The van der Waals surface area contributed by atoms with Gasteiger partial charge in [-0.25, -0.2) is 0 Å². The zero-order valence-electron chi connectivity index (χ0n) is 14.1. The molecule has 7 nitrogen and oxygen atoms in total. The van der Waals surface area contributed by atoms with E-state index in [0.29, 0.717) is 30.7 Å². The van der Waals surface area contributed by atoms with Crippen LogP contribution in [0.25, 0.3) is 10.9 Å². The van der Waals surface area contributed by atoms with E-state index in [-0.39, 0.29) is 11.8 Å². The number of carbonyl (C=O) groups excluding carboxylic acids is 2. The highest BCUT2D eigenvalue weighted by molar-refractivity contribution is 6.04. The molecule has 2 saturated heterocycles. The van der Waals surface area contributed by atoms with Crippen LogP contribution < -0.4 is 10.6 Å². The van der Waals surface area contributed by atoms with Crippen LogP contribution in [0.4, 0.5) is 0 Å². The summed E-state index contributed by atoms with van der Waals surface area (Å²) in [5.74, 6) is -0.103. The molecule has 2 atom stereocenters. The minimum atomic E-state index is -0.245. The Hall–Kier alpha value is -2.41. The molecular weight excluding hydrogens is 318 g/mol. The highest BCUT2D eigenvalue weighted by atomic mass is 16.2. The lowest BCUT2D eigenvalue weighted by Gasteiger charge is -2.28. The second kappa shape index (κ2) is 6.84. The number of aromatic nitrogens is 2. The lowest BCUT2D eigenvalue weighted by Crippen LogP contribution is -2.43. The molecule has 2 aromatic rings. The third-order valence-electron chi connectivity index (χ3n) is 5.25. The third-order valence-corrected chi connectivity index (χ3v) is 5.25. The first-order valence-electron chi connectivity index (χ1n) is 8.97. The average molecular weight is 341 g/mol. The summed E-state index contributed by atoms with van der Waals surface area (Å²) in [6.45, 7) is 2.20. The Morgan fingerprint density at radius 2 is 2.04 bits per heavy atom. The molecule has 1 aromatic heterocycles. The predicted molar refractivity (Wildman–Crippen MR) is 94.2 cm³/mol. The summed E-state index contributed by atoms with van der Waals surface area (Å²) in [4.78, 5) is 27.0. The van der Waals surface area contributed by atoms with Gasteiger partial charge < -0.3 is 15.5 Å². The molecule has 25 heavy (non-hydrogen) atoms. The number of amides is 2. The molecule has 2 bridgehead atoms. The predicted octanol–water partition coefficient (Wildman–Crippen LogP) is 1.04. The van der Waals surface area contributed by atoms with Gasteiger partial charge in [-0.15, -0.1) is 0 Å². The Kier molecular flexibility index (Phi) is 4.40. The molecule has 132 valence electrons. The molecule has 2 fully saturated rings. The third kappa shape index (κ3) is 3.11. The van der Waals surface area contributed by atoms with E-state index in [1.807, 2.05) is 24.3 Å². The van der Waals surface area contributed by atoms with Gasteiger partial charge in [0.15, 0.2) is 5.69 Å². The Morgan fingerprint density at radius 1 is 1.20 bits per heavy atom. The maximum atomic E-state index is 12.6. The Bertz CT molecular complexity index is 773. The van der Waals surface area contributed by atoms with Crippen LogP contribution >= 0.6 is 0 Å². The maximum absolute atomic E-state index is 12.6. The quantitative estimate of drug-likeness (QED) is 0.775. The number of hydrogen-bond acceptors (Lipinski definition) is 4. The van der Waals surface area contributed by atoms with Gasteiger partial charge in [0, 0.05) is 37.0 Å². The van der Waals surface area contributed by atoms with Crippen LogP contribution in [0, 0.1) is 0 Å². The monoisotopic (exact) mass is 341 g/mol. The molecule has 7 heteroatoms. The number of carbonyl (C=O) groups is 2. The van der Waals surface area contributed by atoms with Gasteiger partial charge >= 0.3 is 0 Å². The van der Waals surface area contributed by atoms with Crippen molar-refractivity contribution in [1.82, 2.24) is 25.7 Å². The van der Waals surface area contributed by atoms with Crippen LogP contribution in [-0.4, -0.2) is 58.6 Å². The molecule has 2 aliphatic heterocycles. The second-order valence-corrected chi connectivity index (χ2v) is 6.80. The first-order chi connectivity index (χ1) is 12.2. The van der Waals surface area contributed by atoms with Crippen molar-refractivity contribution in [1.29, 1.82) is 0 Å². The molecular formula is C18H23N5O2. The number of para-hydroxylation sites is 1. The number of hydrogen-bond donors (Lipinski definition) is 3. The van der Waals surface area contributed by atoms with Crippen LogP contribution in [0.2, 0.25) is 0 Å². The van der Waals surface area contributed by atoms with Gasteiger partial charge in [0.05, 0.1) is 5.52 Å². The number of nitrogens with one attached hydrogen (secondary N) is 3. The molecule has 3 heterocycles. The highest BCUT2D eigenvalue weighted by Crippen LogP contribution is 2.28. The van der Waals surface area contributed by atoms with E-state index in [1.54, 1.807) is 0 Å². The lowest BCUT2D eigenvalue weighted by atomic mass is 10.1. The van der Waals surface area contributed by atoms with E-state index < -0.39 is 0 Å². The Balaban J connectivity index is 1.34. The smallest absolute Gasteiger partial charge is 0.272 e. The molecule has 2 unspecified atom stereocenters. The van der Waals surface area contributed by atoms with Gasteiger partial charge in [-0.1, -0.05) is 18.2 Å². The molecule has 0 saturated carbocycles. The largest absolute Gasteiger partial charge is 0.350 e. The van der Waals surface area contributed by atoms with Crippen LogP contribution in [0.3, 0.4) is 0 Å². The summed E-state index contributed by atoms with van der Waals surface area (Å²) >= 11 is 0. The van der Waals surface area contributed by atoms with Crippen molar-refractivity contribution < 1.29 is 9.59 Å². The molecule has 0 aliphatic carbocycles. The van der Waals surface area contributed by atoms with Crippen LogP contribution in [-0.2, 0) is 4.79 Å². The topological polar surface area (TPSA) is 90.1 Å². The van der Waals surface area contributed by atoms with Gasteiger partial charge in [0.25, 0.3) is 5.91 Å². The van der Waals surface area contributed by atoms with E-state index in [4.69, 9.17) is 0 Å². The van der Waals surface area contributed by atoms with Gasteiger partial charge in [-0.3, -0.25) is 14.7 Å². The van der Waals surface area contributed by atoms with Crippen molar-refractivity contribution in [3.8, 4) is 0 Å². The van der Waals surface area contributed by atoms with E-state index in [1.165, 1.54) is 0 Å². The fourth-order valence-electron chi connectivity index (χ4n) is 4.02. The fourth-order valence-corrected chi connectivity index (χ4v) is 4.02. The summed E-state index contributed by atoms with van der Waals surface area (Å²) in [5.41, 5.74) is 1.21. The first-order valence-corrected chi connectivity index (χ1v) is 8.97. The highest BCUT2D eigenvalue weighted by Gasteiger charge is 2.37. The zero-order valence-corrected chi connectivity index (χ0v) is 14.1. The molecule has 3 N–H and O–H groups in total. The van der Waals surface area contributed by atoms with Crippen LogP contribution in [0.5, 0.6) is 0 Å². The van der Waals surface area contributed by atoms with Crippen molar-refractivity contribution in [2.45, 2.75) is 37.8 Å². The Morgan fingerprint density at radius 3 is 2.96 bits per heavy atom. The van der Waals surface area contributed by atoms with Gasteiger partial charge in [0.1, 0.15) is 0 Å². The fraction of sp³-hybridized carbons (Fsp3) is 0.500. The second-order valence-electron chi connectivity index (χ2n) is 6.80. The van der Waals surface area contributed by atoms with Crippen molar-refractivity contribution in [3.05, 3.63) is 30.0 Å². The van der Waals surface area contributed by atoms with Crippen LogP contribution in [0.1, 0.15) is 36.2 Å². The lowest BCUT2D eigenvalue weighted by molar-refractivity contribution is -0.133. The minimum Gasteiger partial charge on any atom is -0.350 e. The van der Waals surface area contributed by atoms with Crippen molar-refractivity contribution in [2.24, 2.45) is 0 Å². The summed E-state index contributed by atoms with van der Waals surface area (Å²) in [7, 11) is 0. The molecule has 0 spiro atoms. The molecule has 1 aromatic carbocycles. The number of fused-ring (bicyclic) bond motifs is 3. The maximum Gasteiger partial charge on any atom is 0.272 e. The summed E-state index contributed by atoms with van der Waals surface area (Å²) in [6.07, 6.45) is 3.54. The van der Waals surface area contributed by atoms with E-state index >= 15 is 0 Å². The van der Waals surface area contributed by atoms with Crippen molar-refractivity contribution in [3.63, 3.8) is 0 Å². The molecule has 2 amide bonds. The van der Waals surface area contributed by atoms with E-state index in [2.05, 4.69) is 25.7 Å².